The first-order valence-electron chi connectivity index (χ1n) is 9.20. The molecule has 6 nitrogen and oxygen atoms in total. The van der Waals surface area contributed by atoms with Crippen molar-refractivity contribution in [2.24, 2.45) is 11.7 Å². The molecule has 6 heteroatoms. The Hall–Kier alpha value is -2.86. The average Bonchev–Trinajstić information content (AvgIpc) is 3.09. The summed E-state index contributed by atoms with van der Waals surface area (Å²) in [6.45, 7) is 3.09. The molecular formula is C21H25N3O3. The Labute approximate surface area is 159 Å². The topological polar surface area (TPSA) is 84.7 Å². The molecule has 1 aliphatic heterocycles. The number of nitrogens with zero attached hydrogens (tertiary/aromatic N) is 1. The van der Waals surface area contributed by atoms with E-state index in [0.29, 0.717) is 31.1 Å². The monoisotopic (exact) mass is 367 g/mol. The van der Waals surface area contributed by atoms with Crippen LogP contribution in [0.25, 0.3) is 0 Å². The Balaban J connectivity index is 1.61. The molecule has 2 atom stereocenters. The van der Waals surface area contributed by atoms with Crippen LogP contribution in [0.15, 0.2) is 54.6 Å². The molecule has 3 N–H and O–H groups in total. The zero-order valence-electron chi connectivity index (χ0n) is 15.4. The number of amides is 2. The maximum Gasteiger partial charge on any atom is 0.227 e. The molecule has 1 aliphatic rings. The van der Waals surface area contributed by atoms with E-state index in [2.05, 4.69) is 5.32 Å². The van der Waals surface area contributed by atoms with Gasteiger partial charge in [0.2, 0.25) is 11.8 Å². The predicted molar refractivity (Wildman–Crippen MR) is 104 cm³/mol. The third-order valence-electron chi connectivity index (χ3n) is 4.68. The van der Waals surface area contributed by atoms with E-state index in [1.807, 2.05) is 61.5 Å². The number of benzene rings is 2. The maximum atomic E-state index is 12.5. The van der Waals surface area contributed by atoms with Crippen LogP contribution in [0, 0.1) is 5.92 Å². The van der Waals surface area contributed by atoms with Crippen molar-refractivity contribution in [2.75, 3.05) is 24.6 Å². The summed E-state index contributed by atoms with van der Waals surface area (Å²) >= 11 is 0. The predicted octanol–water partition coefficient (Wildman–Crippen LogP) is 2.25. The highest BCUT2D eigenvalue weighted by Crippen LogP contribution is 2.33. The minimum absolute atomic E-state index is 0.0744. The van der Waals surface area contributed by atoms with Crippen molar-refractivity contribution in [2.45, 2.75) is 19.4 Å². The Morgan fingerprint density at radius 1 is 1.22 bits per heavy atom. The molecule has 3 rings (SSSR count). The normalized spacial score (nSPS) is 17.6. The van der Waals surface area contributed by atoms with Crippen molar-refractivity contribution in [3.05, 3.63) is 60.2 Å². The van der Waals surface area contributed by atoms with E-state index < -0.39 is 5.92 Å². The van der Waals surface area contributed by atoms with Gasteiger partial charge < -0.3 is 20.7 Å². The minimum atomic E-state index is -0.393. The molecule has 2 aromatic carbocycles. The molecular weight excluding hydrogens is 342 g/mol. The SMILES string of the molecule is CCOc1ccccc1N1CC(C(=O)NCC(N)c2ccccc2)CC1=O. The van der Waals surface area contributed by atoms with E-state index in [-0.39, 0.29) is 24.3 Å². The fraction of sp³-hybridized carbons (Fsp3) is 0.333. The summed E-state index contributed by atoms with van der Waals surface area (Å²) in [7, 11) is 0. The van der Waals surface area contributed by atoms with E-state index in [0.717, 1.165) is 5.56 Å². The molecule has 0 aliphatic carbocycles. The van der Waals surface area contributed by atoms with E-state index in [9.17, 15) is 9.59 Å². The Morgan fingerprint density at radius 3 is 2.67 bits per heavy atom. The lowest BCUT2D eigenvalue weighted by atomic mass is 10.1. The number of hydrogen-bond acceptors (Lipinski definition) is 4. The number of para-hydroxylation sites is 2. The second-order valence-electron chi connectivity index (χ2n) is 6.57. The first-order chi connectivity index (χ1) is 13.1. The van der Waals surface area contributed by atoms with E-state index >= 15 is 0 Å². The quantitative estimate of drug-likeness (QED) is 0.786. The van der Waals surface area contributed by atoms with Gasteiger partial charge in [0.05, 0.1) is 18.2 Å². The van der Waals surface area contributed by atoms with Gasteiger partial charge in [-0.15, -0.1) is 0 Å². The number of carbonyl (C=O) groups excluding carboxylic acids is 2. The largest absolute Gasteiger partial charge is 0.492 e. The summed E-state index contributed by atoms with van der Waals surface area (Å²) in [5.74, 6) is 0.0384. The summed E-state index contributed by atoms with van der Waals surface area (Å²) < 4.78 is 5.61. The van der Waals surface area contributed by atoms with Gasteiger partial charge in [-0.2, -0.15) is 0 Å². The first kappa shape index (κ1) is 18.9. The Kier molecular flexibility index (Phi) is 6.08. The summed E-state index contributed by atoms with van der Waals surface area (Å²) in [6.07, 6.45) is 0.187. The molecule has 142 valence electrons. The highest BCUT2D eigenvalue weighted by atomic mass is 16.5. The summed E-state index contributed by atoms with van der Waals surface area (Å²) in [6, 6.07) is 16.7. The number of anilines is 1. The van der Waals surface area contributed by atoms with Crippen molar-refractivity contribution in [3.8, 4) is 5.75 Å². The molecule has 1 fully saturated rings. The second kappa shape index (κ2) is 8.68. The van der Waals surface area contributed by atoms with Gasteiger partial charge in [0, 0.05) is 25.6 Å². The first-order valence-corrected chi connectivity index (χ1v) is 9.20. The smallest absolute Gasteiger partial charge is 0.227 e. The summed E-state index contributed by atoms with van der Waals surface area (Å²) in [5.41, 5.74) is 7.81. The standard InChI is InChI=1S/C21H25N3O3/c1-2-27-19-11-7-6-10-18(19)24-14-16(12-20(24)25)21(26)23-13-17(22)15-8-4-3-5-9-15/h3-11,16-17H,2,12-14,22H2,1H3,(H,23,26). The van der Waals surface area contributed by atoms with E-state index in [1.54, 1.807) is 4.90 Å². The van der Waals surface area contributed by atoms with Gasteiger partial charge in [-0.1, -0.05) is 42.5 Å². The van der Waals surface area contributed by atoms with Gasteiger partial charge in [-0.25, -0.2) is 0 Å². The van der Waals surface area contributed by atoms with Crippen LogP contribution in [0.5, 0.6) is 5.75 Å². The number of nitrogens with two attached hydrogens (primary N) is 1. The number of nitrogens with one attached hydrogen (secondary N) is 1. The third kappa shape index (κ3) is 4.46. The van der Waals surface area contributed by atoms with Crippen molar-refractivity contribution >= 4 is 17.5 Å². The summed E-state index contributed by atoms with van der Waals surface area (Å²) in [4.78, 5) is 26.6. The molecule has 0 aromatic heterocycles. The molecule has 0 bridgehead atoms. The Morgan fingerprint density at radius 2 is 1.93 bits per heavy atom. The molecule has 2 aromatic rings. The van der Waals surface area contributed by atoms with Crippen LogP contribution in [-0.2, 0) is 9.59 Å². The van der Waals surface area contributed by atoms with Crippen molar-refractivity contribution < 1.29 is 14.3 Å². The zero-order chi connectivity index (χ0) is 19.2. The maximum absolute atomic E-state index is 12.5. The van der Waals surface area contributed by atoms with Crippen LogP contribution in [0.4, 0.5) is 5.69 Å². The van der Waals surface area contributed by atoms with Crippen molar-refractivity contribution in [1.82, 2.24) is 5.32 Å². The zero-order valence-corrected chi connectivity index (χ0v) is 15.4. The Bertz CT molecular complexity index is 794. The van der Waals surface area contributed by atoms with Crippen LogP contribution in [0.2, 0.25) is 0 Å². The summed E-state index contributed by atoms with van der Waals surface area (Å²) in [5, 5.41) is 2.88. The number of ether oxygens (including phenoxy) is 1. The molecule has 0 spiro atoms. The molecule has 0 saturated carbocycles. The average molecular weight is 367 g/mol. The van der Waals surface area contributed by atoms with E-state index in [1.165, 1.54) is 0 Å². The highest BCUT2D eigenvalue weighted by Gasteiger charge is 2.36. The van der Waals surface area contributed by atoms with Gasteiger partial charge in [-0.05, 0) is 24.6 Å². The molecule has 2 amide bonds. The molecule has 1 saturated heterocycles. The van der Waals surface area contributed by atoms with Crippen LogP contribution in [0.1, 0.15) is 24.9 Å². The third-order valence-corrected chi connectivity index (χ3v) is 4.68. The molecule has 0 radical (unpaired) electrons. The lowest BCUT2D eigenvalue weighted by Gasteiger charge is -2.20. The van der Waals surface area contributed by atoms with Crippen LogP contribution in [0.3, 0.4) is 0 Å². The van der Waals surface area contributed by atoms with Crippen LogP contribution >= 0.6 is 0 Å². The number of hydrogen-bond donors (Lipinski definition) is 2. The second-order valence-corrected chi connectivity index (χ2v) is 6.57. The van der Waals surface area contributed by atoms with Gasteiger partial charge in [0.25, 0.3) is 0 Å². The van der Waals surface area contributed by atoms with Gasteiger partial charge in [-0.3, -0.25) is 9.59 Å². The molecule has 1 heterocycles. The molecule has 27 heavy (non-hydrogen) atoms. The minimum Gasteiger partial charge on any atom is -0.492 e. The molecule has 2 unspecified atom stereocenters. The van der Waals surface area contributed by atoms with Gasteiger partial charge in [0.15, 0.2) is 0 Å². The van der Waals surface area contributed by atoms with Gasteiger partial charge >= 0.3 is 0 Å². The lowest BCUT2D eigenvalue weighted by molar-refractivity contribution is -0.126. The number of carbonyl (C=O) groups is 2. The number of rotatable bonds is 7. The van der Waals surface area contributed by atoms with E-state index in [4.69, 9.17) is 10.5 Å². The van der Waals surface area contributed by atoms with Crippen molar-refractivity contribution in [1.29, 1.82) is 0 Å². The fourth-order valence-electron chi connectivity index (χ4n) is 3.25. The van der Waals surface area contributed by atoms with Crippen molar-refractivity contribution in [3.63, 3.8) is 0 Å². The van der Waals surface area contributed by atoms with Gasteiger partial charge in [0.1, 0.15) is 5.75 Å². The fourth-order valence-corrected chi connectivity index (χ4v) is 3.25. The van der Waals surface area contributed by atoms with Crippen LogP contribution in [-0.4, -0.2) is 31.5 Å². The lowest BCUT2D eigenvalue weighted by Crippen LogP contribution is -2.37. The van der Waals surface area contributed by atoms with Crippen LogP contribution < -0.4 is 20.7 Å². The highest BCUT2D eigenvalue weighted by molar-refractivity contribution is 6.01.